The normalized spacial score (nSPS) is 18.1. The number of aliphatic hydroxyl groups is 2. The van der Waals surface area contributed by atoms with Gasteiger partial charge in [-0.3, -0.25) is 4.79 Å². The van der Waals surface area contributed by atoms with Crippen molar-refractivity contribution in [3.8, 4) is 0 Å². The summed E-state index contributed by atoms with van der Waals surface area (Å²) < 4.78 is 0. The molecule has 0 radical (unpaired) electrons. The molecular formula is C8H17NO3. The van der Waals surface area contributed by atoms with Crippen molar-refractivity contribution in [2.75, 3.05) is 0 Å². The summed E-state index contributed by atoms with van der Waals surface area (Å²) in [5.41, 5.74) is 0. The number of rotatable bonds is 4. The molecule has 0 aromatic carbocycles. The second-order valence-electron chi connectivity index (χ2n) is 2.94. The first-order valence-corrected chi connectivity index (χ1v) is 4.15. The molecule has 0 fully saturated rings. The predicted molar refractivity (Wildman–Crippen MR) is 45.6 cm³/mol. The van der Waals surface area contributed by atoms with Gasteiger partial charge in [0.1, 0.15) is 6.10 Å². The van der Waals surface area contributed by atoms with Crippen LogP contribution in [0.5, 0.6) is 0 Å². The molecule has 3 N–H and O–H groups in total. The Morgan fingerprint density at radius 2 is 1.92 bits per heavy atom. The molecule has 0 heterocycles. The average molecular weight is 175 g/mol. The van der Waals surface area contributed by atoms with Gasteiger partial charge in [-0.25, -0.2) is 0 Å². The van der Waals surface area contributed by atoms with Gasteiger partial charge in [-0.05, 0) is 20.3 Å². The first-order chi connectivity index (χ1) is 5.49. The van der Waals surface area contributed by atoms with Crippen molar-refractivity contribution >= 4 is 5.91 Å². The minimum Gasteiger partial charge on any atom is -0.391 e. The topological polar surface area (TPSA) is 69.6 Å². The fraction of sp³-hybridized carbons (Fsp3) is 0.875. The number of nitrogens with one attached hydrogen (secondary N) is 1. The molecule has 0 saturated heterocycles. The highest BCUT2D eigenvalue weighted by Gasteiger charge is 2.17. The van der Waals surface area contributed by atoms with Crippen molar-refractivity contribution in [1.82, 2.24) is 5.32 Å². The van der Waals surface area contributed by atoms with E-state index in [4.69, 9.17) is 10.2 Å². The van der Waals surface area contributed by atoms with Crippen LogP contribution in [0, 0.1) is 0 Å². The molecule has 0 aromatic heterocycles. The van der Waals surface area contributed by atoms with Gasteiger partial charge in [0, 0.05) is 0 Å². The Labute approximate surface area is 72.6 Å². The van der Waals surface area contributed by atoms with Crippen LogP contribution in [0.2, 0.25) is 0 Å². The zero-order valence-corrected chi connectivity index (χ0v) is 7.74. The van der Waals surface area contributed by atoms with Gasteiger partial charge in [0.25, 0.3) is 0 Å². The summed E-state index contributed by atoms with van der Waals surface area (Å²) in [4.78, 5) is 10.9. The van der Waals surface area contributed by atoms with Gasteiger partial charge in [0.2, 0.25) is 5.91 Å². The van der Waals surface area contributed by atoms with Gasteiger partial charge in [-0.1, -0.05) is 6.92 Å². The second kappa shape index (κ2) is 5.11. The molecule has 2 unspecified atom stereocenters. The number of amides is 1. The lowest BCUT2D eigenvalue weighted by molar-refractivity contribution is -0.130. The molecule has 4 heteroatoms. The van der Waals surface area contributed by atoms with Crippen molar-refractivity contribution in [2.45, 2.75) is 45.4 Å². The molecule has 0 aliphatic rings. The van der Waals surface area contributed by atoms with E-state index in [-0.39, 0.29) is 6.04 Å². The Morgan fingerprint density at radius 1 is 1.42 bits per heavy atom. The van der Waals surface area contributed by atoms with E-state index >= 15 is 0 Å². The molecule has 4 nitrogen and oxygen atoms in total. The number of carbonyl (C=O) groups excluding carboxylic acids is 1. The first-order valence-electron chi connectivity index (χ1n) is 4.15. The summed E-state index contributed by atoms with van der Waals surface area (Å²) in [5.74, 6) is -0.442. The van der Waals surface area contributed by atoms with Crippen molar-refractivity contribution in [1.29, 1.82) is 0 Å². The first kappa shape index (κ1) is 11.4. The van der Waals surface area contributed by atoms with Crippen LogP contribution < -0.4 is 5.32 Å². The molecule has 0 aromatic rings. The van der Waals surface area contributed by atoms with E-state index in [1.54, 1.807) is 6.92 Å². The third-order valence-electron chi connectivity index (χ3n) is 1.73. The van der Waals surface area contributed by atoms with Gasteiger partial charge in [-0.15, -0.1) is 0 Å². The maximum Gasteiger partial charge on any atom is 0.248 e. The maximum atomic E-state index is 10.9. The van der Waals surface area contributed by atoms with Crippen LogP contribution in [0.25, 0.3) is 0 Å². The van der Waals surface area contributed by atoms with Gasteiger partial charge in [-0.2, -0.15) is 0 Å². The highest BCUT2D eigenvalue weighted by atomic mass is 16.3. The van der Waals surface area contributed by atoms with Crippen molar-refractivity contribution in [3.05, 3.63) is 0 Å². The molecule has 3 atom stereocenters. The third kappa shape index (κ3) is 3.69. The van der Waals surface area contributed by atoms with E-state index in [2.05, 4.69) is 5.32 Å². The summed E-state index contributed by atoms with van der Waals surface area (Å²) in [6.45, 7) is 4.86. The van der Waals surface area contributed by atoms with Gasteiger partial charge < -0.3 is 15.5 Å². The van der Waals surface area contributed by atoms with Gasteiger partial charge >= 0.3 is 0 Å². The lowest BCUT2D eigenvalue weighted by Crippen LogP contribution is -2.45. The molecule has 0 aliphatic heterocycles. The highest BCUT2D eigenvalue weighted by Crippen LogP contribution is 1.98. The number of carbonyl (C=O) groups is 1. The van der Waals surface area contributed by atoms with Crippen molar-refractivity contribution in [3.63, 3.8) is 0 Å². The maximum absolute atomic E-state index is 10.9. The zero-order chi connectivity index (χ0) is 9.72. The predicted octanol–water partition coefficient (Wildman–Crippen LogP) is -0.357. The van der Waals surface area contributed by atoms with Crippen molar-refractivity contribution < 1.29 is 15.0 Å². The molecule has 0 saturated carbocycles. The molecule has 0 spiro atoms. The standard InChI is InChI=1S/C8H17NO3/c1-4-7(5(2)10)9-8(12)6(3)11/h5-7,10-11H,4H2,1-3H3,(H,9,12)/t5?,6-,7?/m0/s1. The Hall–Kier alpha value is -0.610. The van der Waals surface area contributed by atoms with E-state index in [0.717, 1.165) is 0 Å². The molecule has 0 rings (SSSR count). The fourth-order valence-electron chi connectivity index (χ4n) is 0.867. The molecule has 72 valence electrons. The van der Waals surface area contributed by atoms with E-state index in [9.17, 15) is 4.79 Å². The summed E-state index contributed by atoms with van der Waals surface area (Å²) in [6.07, 6.45) is -0.952. The van der Waals surface area contributed by atoms with Crippen molar-refractivity contribution in [2.24, 2.45) is 0 Å². The lowest BCUT2D eigenvalue weighted by atomic mass is 10.1. The molecule has 12 heavy (non-hydrogen) atoms. The van der Waals surface area contributed by atoms with Crippen LogP contribution >= 0.6 is 0 Å². The number of hydrogen-bond donors (Lipinski definition) is 3. The SMILES string of the molecule is CCC(NC(=O)[C@H](C)O)C(C)O. The van der Waals surface area contributed by atoms with E-state index in [1.807, 2.05) is 6.92 Å². The second-order valence-corrected chi connectivity index (χ2v) is 2.94. The Bertz CT molecular complexity index is 145. The molecular weight excluding hydrogens is 158 g/mol. The minimum atomic E-state index is -1.02. The van der Waals surface area contributed by atoms with Crippen LogP contribution in [0.3, 0.4) is 0 Å². The van der Waals surface area contributed by atoms with E-state index in [0.29, 0.717) is 6.42 Å². The van der Waals surface area contributed by atoms with Gasteiger partial charge in [0.05, 0.1) is 12.1 Å². The Morgan fingerprint density at radius 3 is 2.17 bits per heavy atom. The van der Waals surface area contributed by atoms with Gasteiger partial charge in [0.15, 0.2) is 0 Å². The lowest BCUT2D eigenvalue weighted by Gasteiger charge is -2.20. The van der Waals surface area contributed by atoms with E-state index < -0.39 is 18.1 Å². The largest absolute Gasteiger partial charge is 0.391 e. The molecule has 1 amide bonds. The summed E-state index contributed by atoms with van der Waals surface area (Å²) in [6, 6.07) is -0.271. The van der Waals surface area contributed by atoms with Crippen LogP contribution in [0.15, 0.2) is 0 Å². The smallest absolute Gasteiger partial charge is 0.248 e. The highest BCUT2D eigenvalue weighted by molar-refractivity contribution is 5.80. The average Bonchev–Trinajstić information content (AvgIpc) is 1.98. The number of hydrogen-bond acceptors (Lipinski definition) is 3. The fourth-order valence-corrected chi connectivity index (χ4v) is 0.867. The quantitative estimate of drug-likeness (QED) is 0.546. The van der Waals surface area contributed by atoms with Crippen LogP contribution in [-0.2, 0) is 4.79 Å². The van der Waals surface area contributed by atoms with Crippen LogP contribution in [0.1, 0.15) is 27.2 Å². The summed E-state index contributed by atoms with van der Waals surface area (Å²) in [7, 11) is 0. The third-order valence-corrected chi connectivity index (χ3v) is 1.73. The minimum absolute atomic E-state index is 0.271. The van der Waals surface area contributed by atoms with E-state index in [1.165, 1.54) is 6.92 Å². The Kier molecular flexibility index (Phi) is 4.85. The molecule has 0 aliphatic carbocycles. The molecule has 0 bridgehead atoms. The van der Waals surface area contributed by atoms with Crippen LogP contribution in [0.4, 0.5) is 0 Å². The monoisotopic (exact) mass is 175 g/mol. The Balaban J connectivity index is 3.94. The number of aliphatic hydroxyl groups excluding tert-OH is 2. The van der Waals surface area contributed by atoms with Crippen LogP contribution in [-0.4, -0.2) is 34.4 Å². The summed E-state index contributed by atoms with van der Waals surface area (Å²) in [5, 5.41) is 20.5. The zero-order valence-electron chi connectivity index (χ0n) is 7.74. The summed E-state index contributed by atoms with van der Waals surface area (Å²) >= 11 is 0.